The number of alkyl halides is 3. The summed E-state index contributed by atoms with van der Waals surface area (Å²) >= 11 is 18.4. The molecule has 29 heavy (non-hydrogen) atoms. The van der Waals surface area contributed by atoms with Crippen LogP contribution < -0.4 is 0 Å². The Balaban J connectivity index is 1.99. The molecule has 4 aromatic rings. The van der Waals surface area contributed by atoms with Gasteiger partial charge in [-0.1, -0.05) is 59.1 Å². The van der Waals surface area contributed by atoms with Gasteiger partial charge in [-0.25, -0.2) is 4.98 Å². The zero-order chi connectivity index (χ0) is 20.8. The molecule has 0 saturated heterocycles. The lowest BCUT2D eigenvalue weighted by molar-refractivity contribution is -0.137. The van der Waals surface area contributed by atoms with Gasteiger partial charge in [-0.15, -0.1) is 0 Å². The molecule has 0 aliphatic heterocycles. The van der Waals surface area contributed by atoms with E-state index in [0.717, 1.165) is 17.8 Å². The van der Waals surface area contributed by atoms with E-state index in [1.165, 1.54) is 4.40 Å². The van der Waals surface area contributed by atoms with Crippen LogP contribution in [0.3, 0.4) is 0 Å². The van der Waals surface area contributed by atoms with Gasteiger partial charge in [0.25, 0.3) is 0 Å². The van der Waals surface area contributed by atoms with Crippen molar-refractivity contribution in [1.82, 2.24) is 9.38 Å². The first kappa shape index (κ1) is 20.1. The van der Waals surface area contributed by atoms with Crippen molar-refractivity contribution in [1.29, 1.82) is 0 Å². The molecule has 2 nitrogen and oxygen atoms in total. The van der Waals surface area contributed by atoms with Crippen LogP contribution in [-0.4, -0.2) is 9.38 Å². The molecule has 148 valence electrons. The molecule has 0 saturated carbocycles. The van der Waals surface area contributed by atoms with Crippen LogP contribution >= 0.6 is 34.8 Å². The fourth-order valence-corrected chi connectivity index (χ4v) is 3.84. The summed E-state index contributed by atoms with van der Waals surface area (Å²) in [7, 11) is 0. The molecule has 0 N–H and O–H groups in total. The van der Waals surface area contributed by atoms with Gasteiger partial charge in [0.05, 0.1) is 22.0 Å². The number of rotatable bonds is 3. The van der Waals surface area contributed by atoms with E-state index in [4.69, 9.17) is 34.8 Å². The SMILES string of the molecule is FC(F)(F)c1cc(Cl)c2nc(-c3cccc(Cl)c3)c(Cc3cccc(Cl)c3)n2c1. The Kier molecular flexibility index (Phi) is 5.23. The summed E-state index contributed by atoms with van der Waals surface area (Å²) in [5.74, 6) is 0. The number of hydrogen-bond donors (Lipinski definition) is 0. The third-order valence-corrected chi connectivity index (χ3v) is 5.21. The van der Waals surface area contributed by atoms with Crippen LogP contribution in [0.25, 0.3) is 16.9 Å². The van der Waals surface area contributed by atoms with Gasteiger partial charge in [0.15, 0.2) is 5.65 Å². The van der Waals surface area contributed by atoms with Gasteiger partial charge in [-0.2, -0.15) is 13.2 Å². The summed E-state index contributed by atoms with van der Waals surface area (Å²) in [6.45, 7) is 0. The summed E-state index contributed by atoms with van der Waals surface area (Å²) in [5.41, 5.74) is 1.97. The van der Waals surface area contributed by atoms with E-state index in [-0.39, 0.29) is 10.7 Å². The molecule has 2 aromatic carbocycles. The smallest absolute Gasteiger partial charge is 0.301 e. The second kappa shape index (κ2) is 7.56. The van der Waals surface area contributed by atoms with Gasteiger partial charge in [0, 0.05) is 28.2 Å². The second-order valence-electron chi connectivity index (χ2n) is 6.49. The highest BCUT2D eigenvalue weighted by molar-refractivity contribution is 6.33. The zero-order valence-electron chi connectivity index (χ0n) is 14.6. The number of hydrogen-bond acceptors (Lipinski definition) is 1. The fourth-order valence-electron chi connectivity index (χ4n) is 3.18. The molecular formula is C21H12Cl3F3N2. The zero-order valence-corrected chi connectivity index (χ0v) is 16.9. The van der Waals surface area contributed by atoms with Crippen molar-refractivity contribution in [3.63, 3.8) is 0 Å². The maximum Gasteiger partial charge on any atom is 0.417 e. The lowest BCUT2D eigenvalue weighted by Crippen LogP contribution is -2.08. The molecular weight excluding hydrogens is 444 g/mol. The van der Waals surface area contributed by atoms with E-state index in [1.54, 1.807) is 42.5 Å². The molecule has 0 spiro atoms. The van der Waals surface area contributed by atoms with Gasteiger partial charge >= 0.3 is 6.18 Å². The van der Waals surface area contributed by atoms with Crippen LogP contribution in [0.1, 0.15) is 16.8 Å². The molecule has 0 unspecified atom stereocenters. The molecule has 2 aromatic heterocycles. The van der Waals surface area contributed by atoms with E-state index in [9.17, 15) is 13.2 Å². The Morgan fingerprint density at radius 3 is 2.24 bits per heavy atom. The number of benzene rings is 2. The Morgan fingerprint density at radius 2 is 1.59 bits per heavy atom. The summed E-state index contributed by atoms with van der Waals surface area (Å²) < 4.78 is 41.5. The van der Waals surface area contributed by atoms with Gasteiger partial charge < -0.3 is 4.40 Å². The van der Waals surface area contributed by atoms with Crippen LogP contribution in [0.15, 0.2) is 60.8 Å². The lowest BCUT2D eigenvalue weighted by atomic mass is 10.0. The molecule has 0 amide bonds. The van der Waals surface area contributed by atoms with Crippen LogP contribution in [0.4, 0.5) is 13.2 Å². The Bertz CT molecular complexity index is 1220. The molecule has 8 heteroatoms. The average Bonchev–Trinajstić information content (AvgIpc) is 3.00. The van der Waals surface area contributed by atoms with Crippen molar-refractivity contribution < 1.29 is 13.2 Å². The highest BCUT2D eigenvalue weighted by Gasteiger charge is 2.32. The van der Waals surface area contributed by atoms with Crippen molar-refractivity contribution in [3.8, 4) is 11.3 Å². The predicted octanol–water partition coefficient (Wildman–Crippen LogP) is 7.57. The summed E-state index contributed by atoms with van der Waals surface area (Å²) in [6.07, 6.45) is -3.21. The van der Waals surface area contributed by atoms with E-state index in [0.29, 0.717) is 33.4 Å². The number of nitrogens with zero attached hydrogens (tertiary/aromatic N) is 2. The predicted molar refractivity (Wildman–Crippen MR) is 110 cm³/mol. The topological polar surface area (TPSA) is 17.3 Å². The Labute approximate surface area is 179 Å². The molecule has 0 radical (unpaired) electrons. The van der Waals surface area contributed by atoms with Crippen molar-refractivity contribution in [2.24, 2.45) is 0 Å². The maximum absolute atomic E-state index is 13.4. The summed E-state index contributed by atoms with van der Waals surface area (Å²) in [6, 6.07) is 15.0. The monoisotopic (exact) mass is 454 g/mol. The number of fused-ring (bicyclic) bond motifs is 1. The first-order valence-corrected chi connectivity index (χ1v) is 9.64. The molecule has 0 fully saturated rings. The van der Waals surface area contributed by atoms with E-state index in [1.807, 2.05) is 6.07 Å². The van der Waals surface area contributed by atoms with E-state index in [2.05, 4.69) is 4.98 Å². The number of imidazole rings is 1. The summed E-state index contributed by atoms with van der Waals surface area (Å²) in [4.78, 5) is 4.54. The fraction of sp³-hybridized carbons (Fsp3) is 0.0952. The minimum atomic E-state index is -4.54. The standard InChI is InChI=1S/C21H12Cl3F3N2/c22-15-5-1-3-12(7-15)8-18-19(13-4-2-6-16(23)9-13)28-20-17(24)10-14(11-29(18)20)21(25,26)27/h1-7,9-11H,8H2. The molecule has 0 atom stereocenters. The minimum Gasteiger partial charge on any atom is -0.301 e. The highest BCUT2D eigenvalue weighted by atomic mass is 35.5. The normalized spacial score (nSPS) is 11.9. The summed E-state index contributed by atoms with van der Waals surface area (Å²) in [5, 5.41) is 0.949. The van der Waals surface area contributed by atoms with Crippen LogP contribution in [0.5, 0.6) is 0 Å². The largest absolute Gasteiger partial charge is 0.417 e. The Morgan fingerprint density at radius 1 is 0.897 bits per heavy atom. The first-order valence-electron chi connectivity index (χ1n) is 8.50. The third kappa shape index (κ3) is 4.08. The molecule has 0 bridgehead atoms. The minimum absolute atomic E-state index is 0.0829. The van der Waals surface area contributed by atoms with Gasteiger partial charge in [0.1, 0.15) is 0 Å². The number of pyridine rings is 1. The van der Waals surface area contributed by atoms with Crippen molar-refractivity contribution >= 4 is 40.4 Å². The quantitative estimate of drug-likeness (QED) is 0.311. The maximum atomic E-state index is 13.4. The van der Waals surface area contributed by atoms with Gasteiger partial charge in [0.2, 0.25) is 0 Å². The van der Waals surface area contributed by atoms with Crippen LogP contribution in [0.2, 0.25) is 15.1 Å². The molecule has 0 aliphatic carbocycles. The van der Waals surface area contributed by atoms with E-state index < -0.39 is 11.7 Å². The molecule has 0 aliphatic rings. The average molecular weight is 456 g/mol. The van der Waals surface area contributed by atoms with Gasteiger partial charge in [-0.05, 0) is 35.9 Å². The van der Waals surface area contributed by atoms with Crippen LogP contribution in [-0.2, 0) is 12.6 Å². The van der Waals surface area contributed by atoms with Crippen molar-refractivity contribution in [2.45, 2.75) is 12.6 Å². The molecule has 2 heterocycles. The van der Waals surface area contributed by atoms with Crippen LogP contribution in [0, 0.1) is 0 Å². The molecule has 4 rings (SSSR count). The van der Waals surface area contributed by atoms with Gasteiger partial charge in [-0.3, -0.25) is 0 Å². The first-order chi connectivity index (χ1) is 13.7. The second-order valence-corrected chi connectivity index (χ2v) is 7.77. The Hall–Kier alpha value is -2.21. The van der Waals surface area contributed by atoms with Crippen molar-refractivity contribution in [3.05, 3.63) is 92.7 Å². The van der Waals surface area contributed by atoms with E-state index >= 15 is 0 Å². The van der Waals surface area contributed by atoms with Crippen molar-refractivity contribution in [2.75, 3.05) is 0 Å². The highest BCUT2D eigenvalue weighted by Crippen LogP contribution is 2.36. The number of aromatic nitrogens is 2. The third-order valence-electron chi connectivity index (χ3n) is 4.46. The number of halogens is 6. The lowest BCUT2D eigenvalue weighted by Gasteiger charge is -2.11.